The zero-order valence-electron chi connectivity index (χ0n) is 20.0. The molecule has 5 aromatic rings. The summed E-state index contributed by atoms with van der Waals surface area (Å²) in [4.78, 5) is 24.6. The van der Waals surface area contributed by atoms with Crippen molar-refractivity contribution in [2.45, 2.75) is 0 Å². The molecule has 0 atom stereocenters. The zero-order chi connectivity index (χ0) is 26.2. The van der Waals surface area contributed by atoms with Crippen molar-refractivity contribution in [1.82, 2.24) is 9.97 Å². The predicted molar refractivity (Wildman–Crippen MR) is 150 cm³/mol. The first-order chi connectivity index (χ1) is 18.5. The topological polar surface area (TPSA) is 67.4 Å². The van der Waals surface area contributed by atoms with Gasteiger partial charge in [-0.05, 0) is 30.3 Å². The molecule has 0 radical (unpaired) electrons. The molecule has 1 N–H and O–H groups in total. The Hall–Kier alpha value is -3.78. The molecule has 1 amide bonds. The van der Waals surface area contributed by atoms with Crippen LogP contribution in [0, 0.1) is 5.82 Å². The highest BCUT2D eigenvalue weighted by atomic mass is 35.5. The molecule has 0 bridgehead atoms. The van der Waals surface area contributed by atoms with Crippen molar-refractivity contribution in [3.63, 3.8) is 0 Å². The number of carbonyl (C=O) groups excluding carboxylic acids is 1. The van der Waals surface area contributed by atoms with Crippen molar-refractivity contribution in [3.05, 3.63) is 94.5 Å². The molecule has 6 nitrogen and oxygen atoms in total. The van der Waals surface area contributed by atoms with Gasteiger partial charge < -0.3 is 15.0 Å². The van der Waals surface area contributed by atoms with E-state index in [0.717, 1.165) is 16.6 Å². The molecule has 1 saturated heterocycles. The van der Waals surface area contributed by atoms with E-state index in [9.17, 15) is 4.79 Å². The Morgan fingerprint density at radius 3 is 2.61 bits per heavy atom. The Bertz CT molecular complexity index is 1700. The van der Waals surface area contributed by atoms with Gasteiger partial charge in [0.05, 0.1) is 57.4 Å². The van der Waals surface area contributed by atoms with Crippen LogP contribution in [0.2, 0.25) is 10.0 Å². The maximum Gasteiger partial charge on any atom is 0.256 e. The van der Waals surface area contributed by atoms with Gasteiger partial charge in [-0.3, -0.25) is 14.8 Å². The van der Waals surface area contributed by atoms with Crippen LogP contribution in [0.5, 0.6) is 0 Å². The highest BCUT2D eigenvalue weighted by Gasteiger charge is 2.24. The lowest BCUT2D eigenvalue weighted by atomic mass is 9.99. The number of amides is 1. The smallest absolute Gasteiger partial charge is 0.256 e. The highest BCUT2D eigenvalue weighted by Crippen LogP contribution is 2.42. The summed E-state index contributed by atoms with van der Waals surface area (Å²) >= 11 is 12.7. The van der Waals surface area contributed by atoms with Crippen LogP contribution in [0.3, 0.4) is 0 Å². The summed E-state index contributed by atoms with van der Waals surface area (Å²) in [5.41, 5.74) is 3.59. The fourth-order valence-electron chi connectivity index (χ4n) is 4.88. The molecule has 190 valence electrons. The first kappa shape index (κ1) is 24.6. The molecule has 2 aromatic heterocycles. The number of hydrogen-bond donors (Lipinski definition) is 1. The van der Waals surface area contributed by atoms with Gasteiger partial charge in [0.1, 0.15) is 5.82 Å². The third-order valence-corrected chi connectivity index (χ3v) is 7.47. The maximum absolute atomic E-state index is 15.3. The molecule has 3 heterocycles. The minimum absolute atomic E-state index is 0.247. The van der Waals surface area contributed by atoms with Gasteiger partial charge in [-0.1, -0.05) is 53.5 Å². The van der Waals surface area contributed by atoms with Gasteiger partial charge in [0, 0.05) is 41.2 Å². The summed E-state index contributed by atoms with van der Waals surface area (Å²) < 4.78 is 20.9. The molecule has 1 aliphatic rings. The third-order valence-electron chi connectivity index (χ3n) is 6.65. The van der Waals surface area contributed by atoms with Crippen molar-refractivity contribution in [3.8, 4) is 11.1 Å². The number of hydrogen-bond acceptors (Lipinski definition) is 5. The normalized spacial score (nSPS) is 13.7. The molecule has 38 heavy (non-hydrogen) atoms. The summed E-state index contributed by atoms with van der Waals surface area (Å²) in [5, 5.41) is 5.04. The number of morpholine rings is 1. The van der Waals surface area contributed by atoms with Crippen LogP contribution in [0.15, 0.2) is 73.1 Å². The number of anilines is 2. The first-order valence-electron chi connectivity index (χ1n) is 12.1. The molecule has 0 unspecified atom stereocenters. The van der Waals surface area contributed by atoms with Gasteiger partial charge in [0.2, 0.25) is 0 Å². The second-order valence-corrected chi connectivity index (χ2v) is 9.65. The van der Waals surface area contributed by atoms with Crippen LogP contribution in [-0.4, -0.2) is 42.2 Å². The Balaban J connectivity index is 1.52. The molecule has 0 aliphatic carbocycles. The average Bonchev–Trinajstić information content (AvgIpc) is 2.95. The lowest BCUT2D eigenvalue weighted by molar-refractivity contribution is 0.102. The van der Waals surface area contributed by atoms with E-state index in [-0.39, 0.29) is 16.5 Å². The molecule has 6 rings (SSSR count). The third kappa shape index (κ3) is 4.32. The van der Waals surface area contributed by atoms with Crippen LogP contribution < -0.4 is 10.2 Å². The molecule has 0 spiro atoms. The second kappa shape index (κ2) is 10.2. The van der Waals surface area contributed by atoms with Crippen LogP contribution in [-0.2, 0) is 4.74 Å². The summed E-state index contributed by atoms with van der Waals surface area (Å²) in [6.45, 7) is 2.26. The van der Waals surface area contributed by atoms with E-state index in [1.54, 1.807) is 42.7 Å². The van der Waals surface area contributed by atoms with Gasteiger partial charge in [-0.2, -0.15) is 0 Å². The van der Waals surface area contributed by atoms with Crippen LogP contribution in [0.25, 0.3) is 32.9 Å². The molecule has 1 fully saturated rings. The molecule has 9 heteroatoms. The first-order valence-corrected chi connectivity index (χ1v) is 12.8. The van der Waals surface area contributed by atoms with E-state index in [1.807, 2.05) is 24.3 Å². The molecule has 3 aromatic carbocycles. The Labute approximate surface area is 228 Å². The van der Waals surface area contributed by atoms with E-state index in [4.69, 9.17) is 27.9 Å². The number of halogens is 3. The van der Waals surface area contributed by atoms with E-state index in [2.05, 4.69) is 20.2 Å². The van der Waals surface area contributed by atoms with Gasteiger partial charge >= 0.3 is 0 Å². The lowest BCUT2D eigenvalue weighted by Crippen LogP contribution is -2.37. The number of rotatable bonds is 4. The van der Waals surface area contributed by atoms with Crippen molar-refractivity contribution >= 4 is 62.3 Å². The number of fused-ring (bicyclic) bond motifs is 2. The SMILES string of the molecule is O=C(Nc1cnc2c(-c3cccc(Cl)c3Cl)c(F)ccc2c1N1CCOCC1)c1ccnc2ccccc12. The Kier molecular flexibility index (Phi) is 6.57. The van der Waals surface area contributed by atoms with Gasteiger partial charge in [0.15, 0.2) is 0 Å². The second-order valence-electron chi connectivity index (χ2n) is 8.87. The van der Waals surface area contributed by atoms with Crippen molar-refractivity contribution in [2.24, 2.45) is 0 Å². The number of aromatic nitrogens is 2. The van der Waals surface area contributed by atoms with Crippen LogP contribution >= 0.6 is 23.2 Å². The number of nitrogens with zero attached hydrogens (tertiary/aromatic N) is 3. The maximum atomic E-state index is 15.3. The molecule has 0 saturated carbocycles. The fourth-order valence-corrected chi connectivity index (χ4v) is 5.28. The Morgan fingerprint density at radius 1 is 0.947 bits per heavy atom. The largest absolute Gasteiger partial charge is 0.378 e. The highest BCUT2D eigenvalue weighted by molar-refractivity contribution is 6.44. The number of pyridine rings is 2. The van der Waals surface area contributed by atoms with Gasteiger partial charge in [-0.25, -0.2) is 4.39 Å². The van der Waals surface area contributed by atoms with Crippen LogP contribution in [0.1, 0.15) is 10.4 Å². The molecule has 1 aliphatic heterocycles. The minimum Gasteiger partial charge on any atom is -0.378 e. The Morgan fingerprint density at radius 2 is 1.76 bits per heavy atom. The number of nitrogens with one attached hydrogen (secondary N) is 1. The van der Waals surface area contributed by atoms with Crippen molar-refractivity contribution in [2.75, 3.05) is 36.5 Å². The van der Waals surface area contributed by atoms with E-state index >= 15 is 4.39 Å². The standard InChI is InChI=1S/C29H21Cl2FN4O2/c30-21-6-3-5-19(26(21)31)25-22(32)9-8-20-27(25)34-16-24(28(20)36-12-14-38-15-13-36)35-29(37)18-10-11-33-23-7-2-1-4-17(18)23/h1-11,16H,12-15H2,(H,35,37). The molecular formula is C29H21Cl2FN4O2. The van der Waals surface area contributed by atoms with Gasteiger partial charge in [-0.15, -0.1) is 0 Å². The van der Waals surface area contributed by atoms with E-state index in [0.29, 0.717) is 59.0 Å². The van der Waals surface area contributed by atoms with Crippen LogP contribution in [0.4, 0.5) is 15.8 Å². The summed E-state index contributed by atoms with van der Waals surface area (Å²) in [6.07, 6.45) is 3.18. The van der Waals surface area contributed by atoms with E-state index < -0.39 is 5.82 Å². The number of ether oxygens (including phenoxy) is 1. The minimum atomic E-state index is -0.470. The summed E-state index contributed by atoms with van der Waals surface area (Å²) in [5.74, 6) is -0.762. The predicted octanol–water partition coefficient (Wildman–Crippen LogP) is 6.98. The summed E-state index contributed by atoms with van der Waals surface area (Å²) in [6, 6.07) is 17.3. The zero-order valence-corrected chi connectivity index (χ0v) is 21.6. The monoisotopic (exact) mass is 546 g/mol. The van der Waals surface area contributed by atoms with Gasteiger partial charge in [0.25, 0.3) is 5.91 Å². The fraction of sp³-hybridized carbons (Fsp3) is 0.138. The quantitative estimate of drug-likeness (QED) is 0.263. The average molecular weight is 547 g/mol. The van der Waals surface area contributed by atoms with Crippen molar-refractivity contribution < 1.29 is 13.9 Å². The lowest BCUT2D eigenvalue weighted by Gasteiger charge is -2.31. The molecular weight excluding hydrogens is 526 g/mol. The number of carbonyl (C=O) groups is 1. The number of benzene rings is 3. The number of para-hydroxylation sites is 1. The van der Waals surface area contributed by atoms with E-state index in [1.165, 1.54) is 6.07 Å². The van der Waals surface area contributed by atoms with Crippen molar-refractivity contribution in [1.29, 1.82) is 0 Å². The summed E-state index contributed by atoms with van der Waals surface area (Å²) in [7, 11) is 0.